The van der Waals surface area contributed by atoms with E-state index < -0.39 is 161 Å². The highest BCUT2D eigenvalue weighted by molar-refractivity contribution is 7.87. The number of fused-ring (bicyclic) bond motifs is 4. The van der Waals surface area contributed by atoms with E-state index in [9.17, 15) is 80.1 Å². The Hall–Kier alpha value is -8.63. The quantitative estimate of drug-likeness (QED) is 0.00887. The first-order chi connectivity index (χ1) is 45.7. The van der Waals surface area contributed by atoms with Crippen LogP contribution < -0.4 is 28.6 Å². The van der Waals surface area contributed by atoms with Crippen molar-refractivity contribution in [3.05, 3.63) is 124 Å². The molecule has 35 nitrogen and oxygen atoms in total. The zero-order chi connectivity index (χ0) is 69.2. The summed E-state index contributed by atoms with van der Waals surface area (Å²) in [6.07, 6.45) is -26.3. The largest absolute Gasteiger partial charge is 0.497 e. The van der Waals surface area contributed by atoms with Crippen molar-refractivity contribution in [2.75, 3.05) is 69.7 Å². The van der Waals surface area contributed by atoms with E-state index in [0.29, 0.717) is 5.56 Å². The van der Waals surface area contributed by atoms with Crippen molar-refractivity contribution in [3.63, 3.8) is 0 Å². The van der Waals surface area contributed by atoms with Crippen LogP contribution in [0.1, 0.15) is 42.7 Å². The van der Waals surface area contributed by atoms with E-state index in [1.54, 1.807) is 0 Å². The summed E-state index contributed by atoms with van der Waals surface area (Å²) in [5, 5.41) is 120. The van der Waals surface area contributed by atoms with Crippen LogP contribution in [0.3, 0.4) is 0 Å². The average Bonchev–Trinajstić information content (AvgIpc) is 1.51. The van der Waals surface area contributed by atoms with Gasteiger partial charge in [0.15, 0.2) is 30.0 Å². The van der Waals surface area contributed by atoms with E-state index in [-0.39, 0.29) is 94.8 Å². The van der Waals surface area contributed by atoms with Crippen molar-refractivity contribution in [1.29, 1.82) is 0 Å². The predicted octanol–water partition coefficient (Wildman–Crippen LogP) is -0.736. The molecule has 3 fully saturated rings. The van der Waals surface area contributed by atoms with Crippen molar-refractivity contribution in [1.82, 2.24) is 14.3 Å². The van der Waals surface area contributed by atoms with Crippen LogP contribution in [0.15, 0.2) is 101 Å². The fourth-order valence-electron chi connectivity index (χ4n) is 11.0. The first kappa shape index (κ1) is 70.2. The van der Waals surface area contributed by atoms with Gasteiger partial charge >= 0.3 is 22.1 Å². The van der Waals surface area contributed by atoms with Gasteiger partial charge in [0.1, 0.15) is 88.8 Å². The van der Waals surface area contributed by atoms with Gasteiger partial charge in [0, 0.05) is 78.0 Å². The molecule has 514 valence electrons. The summed E-state index contributed by atoms with van der Waals surface area (Å²) in [7, 11) is -2.41. The molecule has 4 aliphatic heterocycles. The molecule has 37 heteroatoms. The number of aliphatic hydroxyl groups excluding tert-OH is 9. The Labute approximate surface area is 546 Å². The van der Waals surface area contributed by atoms with Gasteiger partial charge in [-0.3, -0.25) is 14.4 Å². The summed E-state index contributed by atoms with van der Waals surface area (Å²) in [6.45, 7) is -0.758. The molecule has 4 aliphatic rings. The standard InChI is InChI=1S/C59H63ClN8O27S/c1-66(14-16-88-15-13-62-65-61)53(79)26-5-11-35(91-59-49(77)44(72)46(74)51(94-59)56(83)84)36(17-26)95-96(85,86)38-19-34-40(32-18-30(87-2)9-10-31(32)38)27(20-60)21-68(34)54(80)33-23-67-22-28(6-12-39(67)64-33)63-52(78)25-3-7-29(8-4-25)90-58-48(76)42(70)41(69)37(92-58)24-89-57-47(75)43(71)45(73)50(93-57)55(81)82/h3-12,17-19,22-23,27,37,41-51,57-59,69-77H,13-16,20-21,24H2,1-2H3,(H,63,78)(H,81,82)(H,83,84)/t27-,37-,41+,42+,43+,44+,45+,46+,47-,48-,49-,50+,51+,57-,58?,59?/m1/s1. The molecule has 12 N–H and O–H groups in total. The number of nitrogens with one attached hydrogen (secondary N) is 1. The molecule has 96 heavy (non-hydrogen) atoms. The van der Waals surface area contributed by atoms with Crippen LogP contribution in [-0.4, -0.2) is 260 Å². The van der Waals surface area contributed by atoms with Crippen molar-refractivity contribution in [2.24, 2.45) is 5.11 Å². The Morgan fingerprint density at radius 1 is 0.729 bits per heavy atom. The van der Waals surface area contributed by atoms with Gasteiger partial charge in [0.25, 0.3) is 17.7 Å². The van der Waals surface area contributed by atoms with Gasteiger partial charge in [-0.2, -0.15) is 8.42 Å². The number of aliphatic hydroxyl groups is 9. The topological polar surface area (TPSA) is 510 Å². The highest BCUT2D eigenvalue weighted by Gasteiger charge is 2.51. The molecule has 6 heterocycles. The van der Waals surface area contributed by atoms with Gasteiger partial charge < -0.3 is 118 Å². The third kappa shape index (κ3) is 14.5. The molecule has 0 spiro atoms. The smallest absolute Gasteiger partial charge is 0.340 e. The van der Waals surface area contributed by atoms with Crippen LogP contribution in [0.5, 0.6) is 23.0 Å². The second kappa shape index (κ2) is 29.4. The number of likely N-dealkylation sites (N-methyl/N-ethyl adjacent to an activating group) is 1. The molecule has 2 unspecified atom stereocenters. The number of carboxylic acid groups (broad SMARTS) is 2. The van der Waals surface area contributed by atoms with Gasteiger partial charge in [-0.15, -0.1) is 11.6 Å². The van der Waals surface area contributed by atoms with E-state index in [4.69, 9.17) is 59.2 Å². The molecule has 4 aromatic carbocycles. The van der Waals surface area contributed by atoms with E-state index in [1.807, 2.05) is 0 Å². The van der Waals surface area contributed by atoms with Crippen molar-refractivity contribution in [2.45, 2.75) is 103 Å². The molecule has 3 saturated heterocycles. The lowest BCUT2D eigenvalue weighted by atomic mass is 9.95. The van der Waals surface area contributed by atoms with Gasteiger partial charge in [0.2, 0.25) is 12.6 Å². The van der Waals surface area contributed by atoms with Crippen LogP contribution in [-0.2, 0) is 43.4 Å². The molecule has 0 aliphatic carbocycles. The SMILES string of the molecule is COc1ccc2c(S(=O)(=O)Oc3cc(C(=O)N(C)CCOCCN=[N+]=[N-])ccc3OC3O[C@H](C(=O)O)[C@@H](O)[C@H](O)[C@H]3O)cc3c(c2c1)[C@H](CCl)CN3C(=O)c1cn2cc(NC(=O)c3ccc(OC4O[C@H](CO[C@@H]5O[C@H](C(=O)O)[C@@H](O)[C@H](O)[C@H]5O)[C@H](O)[C@H](O)[C@H]4O)cc3)ccc2n1. The maximum absolute atomic E-state index is 15.1. The third-order valence-electron chi connectivity index (χ3n) is 16.1. The van der Waals surface area contributed by atoms with E-state index >= 15 is 8.42 Å². The summed E-state index contributed by atoms with van der Waals surface area (Å²) in [6, 6.07) is 17.1. The van der Waals surface area contributed by atoms with Crippen LogP contribution in [0.4, 0.5) is 11.4 Å². The van der Waals surface area contributed by atoms with Gasteiger partial charge in [-0.05, 0) is 95.3 Å². The molecule has 3 amide bonds. The number of carboxylic acids is 2. The molecule has 6 aromatic rings. The summed E-state index contributed by atoms with van der Waals surface area (Å²) >= 11 is 6.62. The van der Waals surface area contributed by atoms with Gasteiger partial charge in [-0.25, -0.2) is 14.6 Å². The number of imidazole rings is 1. The van der Waals surface area contributed by atoms with Crippen molar-refractivity contribution >= 4 is 79.2 Å². The number of carbonyl (C=O) groups is 5. The number of hydrogen-bond acceptors (Lipinski definition) is 27. The lowest BCUT2D eigenvalue weighted by Crippen LogP contribution is -2.62. The zero-order valence-corrected chi connectivity index (χ0v) is 51.8. The number of aromatic nitrogens is 2. The number of benzene rings is 4. The summed E-state index contributed by atoms with van der Waals surface area (Å²) in [5.41, 5.74) is 9.22. The number of pyridine rings is 1. The lowest BCUT2D eigenvalue weighted by Gasteiger charge is -2.42. The molecular formula is C59H63ClN8O27S. The highest BCUT2D eigenvalue weighted by atomic mass is 35.5. The van der Waals surface area contributed by atoms with Crippen molar-refractivity contribution < 1.29 is 131 Å². The molecular weight excluding hydrogens is 1320 g/mol. The number of carbonyl (C=O) groups excluding carboxylic acids is 3. The fourth-order valence-corrected chi connectivity index (χ4v) is 12.4. The van der Waals surface area contributed by atoms with Crippen LogP contribution >= 0.6 is 11.6 Å². The Kier molecular flexibility index (Phi) is 21.5. The summed E-state index contributed by atoms with van der Waals surface area (Å²) in [4.78, 5) is 75.0. The Morgan fingerprint density at radius 2 is 1.36 bits per heavy atom. The van der Waals surface area contributed by atoms with Gasteiger partial charge in [-0.1, -0.05) is 5.11 Å². The first-order valence-corrected chi connectivity index (χ1v) is 31.0. The number of amides is 3. The molecule has 2 aromatic heterocycles. The number of aliphatic carboxylic acids is 2. The number of methoxy groups -OCH3 is 1. The minimum atomic E-state index is -5.19. The number of hydrogen-bond donors (Lipinski definition) is 12. The Balaban J connectivity index is 0.875. The van der Waals surface area contributed by atoms with Gasteiger partial charge in [0.05, 0.1) is 32.6 Å². The maximum Gasteiger partial charge on any atom is 0.340 e. The van der Waals surface area contributed by atoms with Crippen LogP contribution in [0.25, 0.3) is 26.9 Å². The number of nitrogens with zero attached hydrogens (tertiary/aromatic N) is 7. The highest BCUT2D eigenvalue weighted by Crippen LogP contribution is 2.47. The number of anilines is 2. The molecule has 0 radical (unpaired) electrons. The second-order valence-electron chi connectivity index (χ2n) is 22.3. The zero-order valence-electron chi connectivity index (χ0n) is 50.2. The number of halogens is 1. The molecule has 16 atom stereocenters. The predicted molar refractivity (Wildman–Crippen MR) is 324 cm³/mol. The molecule has 0 bridgehead atoms. The van der Waals surface area contributed by atoms with E-state index in [1.165, 1.54) is 107 Å². The average molecular weight is 1380 g/mol. The first-order valence-electron chi connectivity index (χ1n) is 29.1. The summed E-state index contributed by atoms with van der Waals surface area (Å²) in [5.74, 6) is -7.22. The number of azide groups is 1. The minimum Gasteiger partial charge on any atom is -0.497 e. The number of alkyl halides is 1. The van der Waals surface area contributed by atoms with E-state index in [0.717, 1.165) is 12.1 Å². The Morgan fingerprint density at radius 3 is 2.02 bits per heavy atom. The second-order valence-corrected chi connectivity index (χ2v) is 24.1. The fraction of sp³-hybridized carbons (Fsp3) is 0.424. The monoisotopic (exact) mass is 1380 g/mol. The Bertz CT molecular complexity index is 4070. The molecule has 0 saturated carbocycles. The minimum absolute atomic E-state index is 0.000801. The normalized spacial score (nSPS) is 27.3. The van der Waals surface area contributed by atoms with Crippen LogP contribution in [0, 0.1) is 0 Å². The van der Waals surface area contributed by atoms with E-state index in [2.05, 4.69) is 20.3 Å². The maximum atomic E-state index is 15.1. The van der Waals surface area contributed by atoms with Crippen LogP contribution in [0.2, 0.25) is 0 Å². The lowest BCUT2D eigenvalue weighted by molar-refractivity contribution is -0.318. The number of ether oxygens (including phenoxy) is 8. The third-order valence-corrected chi connectivity index (χ3v) is 17.7. The number of rotatable bonds is 24. The molecule has 10 rings (SSSR count). The van der Waals surface area contributed by atoms with Crippen molar-refractivity contribution in [3.8, 4) is 23.0 Å². The summed E-state index contributed by atoms with van der Waals surface area (Å²) < 4.78 is 81.4.